The number of nitrogens with two attached hydrogens (primary N) is 1. The summed E-state index contributed by atoms with van der Waals surface area (Å²) in [6.45, 7) is 3.83. The average Bonchev–Trinajstić information content (AvgIpc) is 2.08. The Balaban J connectivity index is 2.90. The van der Waals surface area contributed by atoms with Gasteiger partial charge in [-0.05, 0) is 19.9 Å². The van der Waals surface area contributed by atoms with Gasteiger partial charge in [0.25, 0.3) is 0 Å². The lowest BCUT2D eigenvalue weighted by Crippen LogP contribution is -2.09. The number of hydrogen-bond acceptors (Lipinski definition) is 4. The maximum Gasteiger partial charge on any atom is 0.240 e. The van der Waals surface area contributed by atoms with Crippen LogP contribution < -0.4 is 15.2 Å². The fourth-order valence-corrected chi connectivity index (χ4v) is 0.866. The lowest BCUT2D eigenvalue weighted by atomic mass is 10.4. The molecule has 0 fully saturated rings. The minimum absolute atomic E-state index is 0.0573. The smallest absolute Gasteiger partial charge is 0.240 e. The first-order valence-corrected chi connectivity index (χ1v) is 4.10. The molecule has 1 aromatic heterocycles. The highest BCUT2D eigenvalue weighted by molar-refractivity contribution is 5.49. The third-order valence-corrected chi connectivity index (χ3v) is 1.42. The van der Waals surface area contributed by atoms with Crippen LogP contribution in [0.3, 0.4) is 0 Å². The Kier molecular flexibility index (Phi) is 2.95. The summed E-state index contributed by atoms with van der Waals surface area (Å²) in [6.07, 6.45) is 0.0573. The molecule has 0 saturated carbocycles. The van der Waals surface area contributed by atoms with Crippen molar-refractivity contribution in [2.75, 3.05) is 12.8 Å². The summed E-state index contributed by atoms with van der Waals surface area (Å²) in [5.74, 6) is 0.930. The molecule has 0 unspecified atom stereocenters. The second kappa shape index (κ2) is 3.98. The van der Waals surface area contributed by atoms with Gasteiger partial charge in [0.1, 0.15) is 0 Å². The number of nitrogen functional groups attached to an aromatic ring is 1. The first-order valence-electron chi connectivity index (χ1n) is 4.10. The van der Waals surface area contributed by atoms with Gasteiger partial charge < -0.3 is 15.2 Å². The first-order chi connectivity index (χ1) is 6.13. The van der Waals surface area contributed by atoms with Crippen LogP contribution >= 0.6 is 0 Å². The van der Waals surface area contributed by atoms with E-state index in [4.69, 9.17) is 15.2 Å². The second-order valence-electron chi connectivity index (χ2n) is 2.91. The van der Waals surface area contributed by atoms with Crippen molar-refractivity contribution in [3.8, 4) is 11.8 Å². The van der Waals surface area contributed by atoms with Crippen LogP contribution in [-0.2, 0) is 0 Å². The Bertz CT molecular complexity index is 287. The van der Waals surface area contributed by atoms with Crippen LogP contribution in [0.4, 0.5) is 5.69 Å². The fourth-order valence-electron chi connectivity index (χ4n) is 0.866. The second-order valence-corrected chi connectivity index (χ2v) is 2.91. The summed E-state index contributed by atoms with van der Waals surface area (Å²) in [5.41, 5.74) is 6.17. The Labute approximate surface area is 77.7 Å². The maximum atomic E-state index is 5.65. The predicted molar refractivity (Wildman–Crippen MR) is 51.0 cm³/mol. The van der Waals surface area contributed by atoms with Crippen molar-refractivity contribution < 1.29 is 9.47 Å². The molecule has 2 N–H and O–H groups in total. The molecule has 0 amide bonds. The third kappa shape index (κ3) is 2.50. The molecule has 4 heteroatoms. The van der Waals surface area contributed by atoms with Crippen molar-refractivity contribution in [1.29, 1.82) is 0 Å². The van der Waals surface area contributed by atoms with Gasteiger partial charge in [0, 0.05) is 6.07 Å². The number of ether oxygens (including phenoxy) is 2. The molecule has 0 aliphatic heterocycles. The van der Waals surface area contributed by atoms with E-state index in [1.54, 1.807) is 19.2 Å². The monoisotopic (exact) mass is 182 g/mol. The Morgan fingerprint density at radius 2 is 2.08 bits per heavy atom. The molecule has 13 heavy (non-hydrogen) atoms. The van der Waals surface area contributed by atoms with E-state index in [-0.39, 0.29) is 6.10 Å². The van der Waals surface area contributed by atoms with Crippen molar-refractivity contribution in [2.24, 2.45) is 0 Å². The van der Waals surface area contributed by atoms with Crippen molar-refractivity contribution in [3.63, 3.8) is 0 Å². The summed E-state index contributed by atoms with van der Waals surface area (Å²) in [6, 6.07) is 3.41. The standard InChI is InChI=1S/C9H14N2O2/c1-6(2)13-9-7(10)4-5-8(11-9)12-3/h4-6H,10H2,1-3H3. The fraction of sp³-hybridized carbons (Fsp3) is 0.444. The molecule has 0 aliphatic carbocycles. The number of methoxy groups -OCH3 is 1. The molecule has 0 spiro atoms. The molecule has 0 bridgehead atoms. The molecular weight excluding hydrogens is 168 g/mol. The van der Waals surface area contributed by atoms with Crippen LogP contribution in [0.25, 0.3) is 0 Å². The van der Waals surface area contributed by atoms with E-state index < -0.39 is 0 Å². The molecule has 4 nitrogen and oxygen atoms in total. The van der Waals surface area contributed by atoms with Gasteiger partial charge in [0.2, 0.25) is 11.8 Å². The quantitative estimate of drug-likeness (QED) is 0.768. The number of aromatic nitrogens is 1. The molecular formula is C9H14N2O2. The topological polar surface area (TPSA) is 57.4 Å². The van der Waals surface area contributed by atoms with E-state index in [1.807, 2.05) is 13.8 Å². The van der Waals surface area contributed by atoms with Crippen molar-refractivity contribution >= 4 is 5.69 Å². The van der Waals surface area contributed by atoms with Crippen LogP contribution in [0, 0.1) is 0 Å². The number of rotatable bonds is 3. The molecule has 0 atom stereocenters. The normalized spacial score (nSPS) is 10.2. The van der Waals surface area contributed by atoms with Crippen molar-refractivity contribution in [2.45, 2.75) is 20.0 Å². The summed E-state index contributed by atoms with van der Waals surface area (Å²) in [5, 5.41) is 0. The van der Waals surface area contributed by atoms with E-state index in [0.717, 1.165) is 0 Å². The van der Waals surface area contributed by atoms with Gasteiger partial charge in [0.05, 0.1) is 18.9 Å². The summed E-state index contributed by atoms with van der Waals surface area (Å²) < 4.78 is 10.3. The van der Waals surface area contributed by atoms with Gasteiger partial charge >= 0.3 is 0 Å². The van der Waals surface area contributed by atoms with E-state index in [9.17, 15) is 0 Å². The Morgan fingerprint density at radius 1 is 1.38 bits per heavy atom. The molecule has 1 heterocycles. The van der Waals surface area contributed by atoms with Crippen molar-refractivity contribution in [3.05, 3.63) is 12.1 Å². The zero-order valence-electron chi connectivity index (χ0n) is 8.07. The highest BCUT2D eigenvalue weighted by Crippen LogP contribution is 2.22. The average molecular weight is 182 g/mol. The molecule has 72 valence electrons. The molecule has 1 aromatic rings. The zero-order chi connectivity index (χ0) is 9.84. The lowest BCUT2D eigenvalue weighted by Gasteiger charge is -2.11. The predicted octanol–water partition coefficient (Wildman–Crippen LogP) is 1.46. The highest BCUT2D eigenvalue weighted by atomic mass is 16.5. The molecule has 0 aliphatic rings. The molecule has 1 rings (SSSR count). The number of pyridine rings is 1. The van der Waals surface area contributed by atoms with Gasteiger partial charge in [-0.2, -0.15) is 4.98 Å². The van der Waals surface area contributed by atoms with Crippen LogP contribution in [0.2, 0.25) is 0 Å². The summed E-state index contributed by atoms with van der Waals surface area (Å²) in [7, 11) is 1.55. The van der Waals surface area contributed by atoms with E-state index in [2.05, 4.69) is 4.98 Å². The van der Waals surface area contributed by atoms with Crippen LogP contribution in [-0.4, -0.2) is 18.2 Å². The van der Waals surface area contributed by atoms with E-state index >= 15 is 0 Å². The highest BCUT2D eigenvalue weighted by Gasteiger charge is 2.05. The third-order valence-electron chi connectivity index (χ3n) is 1.42. The van der Waals surface area contributed by atoms with E-state index in [0.29, 0.717) is 17.4 Å². The number of hydrogen-bond donors (Lipinski definition) is 1. The molecule has 0 saturated heterocycles. The zero-order valence-corrected chi connectivity index (χ0v) is 8.07. The number of nitrogens with zero attached hydrogens (tertiary/aromatic N) is 1. The minimum atomic E-state index is 0.0573. The summed E-state index contributed by atoms with van der Waals surface area (Å²) >= 11 is 0. The van der Waals surface area contributed by atoms with Gasteiger partial charge in [0.15, 0.2) is 0 Å². The first kappa shape index (κ1) is 9.64. The molecule has 0 radical (unpaired) electrons. The maximum absolute atomic E-state index is 5.65. The van der Waals surface area contributed by atoms with Crippen LogP contribution in [0.15, 0.2) is 12.1 Å². The minimum Gasteiger partial charge on any atom is -0.481 e. The number of anilines is 1. The van der Waals surface area contributed by atoms with E-state index in [1.165, 1.54) is 0 Å². The largest absolute Gasteiger partial charge is 0.481 e. The van der Waals surface area contributed by atoms with Gasteiger partial charge in [-0.25, -0.2) is 0 Å². The Hall–Kier alpha value is -1.45. The van der Waals surface area contributed by atoms with Gasteiger partial charge in [-0.15, -0.1) is 0 Å². The van der Waals surface area contributed by atoms with Crippen LogP contribution in [0.1, 0.15) is 13.8 Å². The van der Waals surface area contributed by atoms with Gasteiger partial charge in [-0.1, -0.05) is 0 Å². The Morgan fingerprint density at radius 3 is 2.62 bits per heavy atom. The summed E-state index contributed by atoms with van der Waals surface area (Å²) in [4.78, 5) is 4.06. The molecule has 0 aromatic carbocycles. The van der Waals surface area contributed by atoms with Gasteiger partial charge in [-0.3, -0.25) is 0 Å². The van der Waals surface area contributed by atoms with Crippen LogP contribution in [0.5, 0.6) is 11.8 Å². The lowest BCUT2D eigenvalue weighted by molar-refractivity contribution is 0.231. The SMILES string of the molecule is COc1ccc(N)c(OC(C)C)n1. The van der Waals surface area contributed by atoms with Crippen molar-refractivity contribution in [1.82, 2.24) is 4.98 Å².